The first kappa shape index (κ1) is 19.8. The summed E-state index contributed by atoms with van der Waals surface area (Å²) in [6.07, 6.45) is 0.700. The van der Waals surface area contributed by atoms with E-state index in [9.17, 15) is 14.0 Å². The van der Waals surface area contributed by atoms with Crippen LogP contribution in [-0.4, -0.2) is 23.4 Å². The summed E-state index contributed by atoms with van der Waals surface area (Å²) >= 11 is 0. The second-order valence-electron chi connectivity index (χ2n) is 6.83. The van der Waals surface area contributed by atoms with Gasteiger partial charge in [-0.15, -0.1) is 0 Å². The van der Waals surface area contributed by atoms with Gasteiger partial charge < -0.3 is 5.32 Å². The van der Waals surface area contributed by atoms with Gasteiger partial charge in [-0.1, -0.05) is 54.1 Å². The smallest absolute Gasteiger partial charge is 0.264 e. The average molecular weight is 381 g/mol. The van der Waals surface area contributed by atoms with Crippen LogP contribution in [0.25, 0.3) is 0 Å². The lowest BCUT2D eigenvalue weighted by Crippen LogP contribution is -2.46. The summed E-state index contributed by atoms with van der Waals surface area (Å²) in [6, 6.07) is 16.1. The third-order valence-corrected chi connectivity index (χ3v) is 4.82. The number of amides is 2. The fourth-order valence-electron chi connectivity index (χ4n) is 3.10. The van der Waals surface area contributed by atoms with Gasteiger partial charge in [0.2, 0.25) is 5.91 Å². The third kappa shape index (κ3) is 5.04. The zero-order chi connectivity index (χ0) is 19.9. The van der Waals surface area contributed by atoms with Gasteiger partial charge in [-0.2, -0.15) is 0 Å². The Bertz CT molecular complexity index is 880. The van der Waals surface area contributed by atoms with Gasteiger partial charge in [-0.05, 0) is 25.0 Å². The number of nitrogens with one attached hydrogen (secondary N) is 2. The van der Waals surface area contributed by atoms with E-state index in [1.807, 2.05) is 37.3 Å². The fourth-order valence-corrected chi connectivity index (χ4v) is 3.10. The Morgan fingerprint density at radius 3 is 2.54 bits per heavy atom. The number of carbonyl (C=O) groups is 2. The molecule has 1 heterocycles. The molecule has 146 valence electrons. The first-order chi connectivity index (χ1) is 13.5. The highest BCUT2D eigenvalue weighted by Crippen LogP contribution is 2.21. The van der Waals surface area contributed by atoms with E-state index < -0.39 is 0 Å². The molecule has 6 heteroatoms. The van der Waals surface area contributed by atoms with Gasteiger partial charge in [0.25, 0.3) is 5.91 Å². The van der Waals surface area contributed by atoms with Gasteiger partial charge in [0.05, 0.1) is 6.42 Å². The van der Waals surface area contributed by atoms with Crippen LogP contribution in [0, 0.1) is 5.82 Å². The Balaban J connectivity index is 1.56. The molecule has 2 amide bonds. The Morgan fingerprint density at radius 1 is 1.07 bits per heavy atom. The third-order valence-electron chi connectivity index (χ3n) is 4.82. The quantitative estimate of drug-likeness (QED) is 0.775. The first-order valence-electron chi connectivity index (χ1n) is 9.32. The minimum Gasteiger partial charge on any atom is -0.352 e. The molecule has 0 radical (unpaired) electrons. The molecular formula is C22H24FN3O2. The predicted molar refractivity (Wildman–Crippen MR) is 105 cm³/mol. The van der Waals surface area contributed by atoms with Gasteiger partial charge in [-0.3, -0.25) is 14.6 Å². The molecule has 28 heavy (non-hydrogen) atoms. The topological polar surface area (TPSA) is 61.4 Å². The summed E-state index contributed by atoms with van der Waals surface area (Å²) in [5.74, 6) is -0.834. The van der Waals surface area contributed by atoms with Crippen LogP contribution in [0.2, 0.25) is 0 Å². The first-order valence-corrected chi connectivity index (χ1v) is 9.32. The summed E-state index contributed by atoms with van der Waals surface area (Å²) in [5, 5.41) is 4.27. The molecule has 0 atom stereocenters. The number of hydrogen-bond donors (Lipinski definition) is 2. The Morgan fingerprint density at radius 2 is 1.79 bits per heavy atom. The molecule has 1 aliphatic heterocycles. The monoisotopic (exact) mass is 381 g/mol. The number of nitrogens with zero attached hydrogens (tertiary/aromatic N) is 1. The van der Waals surface area contributed by atoms with Gasteiger partial charge in [-0.25, -0.2) is 9.82 Å². The number of halogens is 1. The van der Waals surface area contributed by atoms with E-state index in [1.165, 1.54) is 6.07 Å². The van der Waals surface area contributed by atoms with Crippen molar-refractivity contribution in [2.24, 2.45) is 0 Å². The van der Waals surface area contributed by atoms with Crippen LogP contribution < -0.4 is 10.7 Å². The zero-order valence-electron chi connectivity index (χ0n) is 15.9. The summed E-state index contributed by atoms with van der Waals surface area (Å²) in [7, 11) is 0. The number of hydrazine groups is 1. The van der Waals surface area contributed by atoms with Crippen LogP contribution in [-0.2, 0) is 22.7 Å². The molecule has 2 N–H and O–H groups in total. The highest BCUT2D eigenvalue weighted by Gasteiger charge is 2.26. The van der Waals surface area contributed by atoms with Crippen molar-refractivity contribution in [1.29, 1.82) is 0 Å². The highest BCUT2D eigenvalue weighted by molar-refractivity contribution is 5.99. The zero-order valence-corrected chi connectivity index (χ0v) is 15.9. The van der Waals surface area contributed by atoms with Crippen LogP contribution in [0.1, 0.15) is 30.9 Å². The van der Waals surface area contributed by atoms with Gasteiger partial charge in [0, 0.05) is 30.8 Å². The molecule has 5 nitrogen and oxygen atoms in total. The summed E-state index contributed by atoms with van der Waals surface area (Å²) < 4.78 is 13.7. The lowest BCUT2D eigenvalue weighted by Gasteiger charge is -2.30. The lowest BCUT2D eigenvalue weighted by atomic mass is 9.98. The van der Waals surface area contributed by atoms with Crippen molar-refractivity contribution >= 4 is 11.8 Å². The second-order valence-corrected chi connectivity index (χ2v) is 6.83. The lowest BCUT2D eigenvalue weighted by molar-refractivity contribution is -0.132. The van der Waals surface area contributed by atoms with E-state index >= 15 is 0 Å². The van der Waals surface area contributed by atoms with Crippen molar-refractivity contribution in [3.05, 3.63) is 82.7 Å². The van der Waals surface area contributed by atoms with E-state index in [-0.39, 0.29) is 30.6 Å². The molecular weight excluding hydrogens is 357 g/mol. The van der Waals surface area contributed by atoms with Crippen LogP contribution in [0.4, 0.5) is 4.39 Å². The van der Waals surface area contributed by atoms with Gasteiger partial charge >= 0.3 is 0 Å². The normalized spacial score (nSPS) is 14.4. The summed E-state index contributed by atoms with van der Waals surface area (Å²) in [6.45, 7) is 3.09. The molecule has 1 aliphatic rings. The van der Waals surface area contributed by atoms with Crippen LogP contribution in [0.3, 0.4) is 0 Å². The van der Waals surface area contributed by atoms with E-state index in [1.54, 1.807) is 23.2 Å². The molecule has 0 aliphatic carbocycles. The second kappa shape index (κ2) is 9.28. The minimum absolute atomic E-state index is 0.0113. The fraction of sp³-hybridized carbons (Fsp3) is 0.273. The molecule has 0 bridgehead atoms. The van der Waals surface area contributed by atoms with Crippen LogP contribution in [0.5, 0.6) is 0 Å². The molecule has 3 rings (SSSR count). The Kier molecular flexibility index (Phi) is 6.55. The van der Waals surface area contributed by atoms with Crippen molar-refractivity contribution in [2.45, 2.75) is 32.9 Å². The summed E-state index contributed by atoms with van der Waals surface area (Å²) in [5.41, 5.74) is 6.06. The maximum Gasteiger partial charge on any atom is 0.264 e. The van der Waals surface area contributed by atoms with E-state index in [4.69, 9.17) is 0 Å². The molecule has 0 aromatic heterocycles. The standard InChI is InChI=1S/C22H24FN3O2/c1-16-11-12-26(25-14-17-7-3-2-4-8-17)22(28)19(16)13-21(27)24-15-18-9-5-6-10-20(18)23/h2-10,25H,11-15H2,1H3,(H,24,27). The number of benzene rings is 2. The maximum absolute atomic E-state index is 13.7. The number of hydrogen-bond acceptors (Lipinski definition) is 3. The molecule has 0 saturated heterocycles. The molecule has 0 fully saturated rings. The van der Waals surface area contributed by atoms with Gasteiger partial charge in [0.15, 0.2) is 0 Å². The molecule has 2 aromatic carbocycles. The van der Waals surface area contributed by atoms with Crippen molar-refractivity contribution in [3.8, 4) is 0 Å². The molecule has 0 saturated carbocycles. The molecule has 0 unspecified atom stereocenters. The SMILES string of the molecule is CC1=C(CC(=O)NCc2ccccc2F)C(=O)N(NCc2ccccc2)CC1. The number of rotatable bonds is 7. The van der Waals surface area contributed by atoms with Crippen LogP contribution >= 0.6 is 0 Å². The van der Waals surface area contributed by atoms with Crippen molar-refractivity contribution in [2.75, 3.05) is 6.54 Å². The average Bonchev–Trinajstić information content (AvgIpc) is 2.71. The van der Waals surface area contributed by atoms with Crippen LogP contribution in [0.15, 0.2) is 65.7 Å². The maximum atomic E-state index is 13.7. The van der Waals surface area contributed by atoms with Crippen molar-refractivity contribution < 1.29 is 14.0 Å². The highest BCUT2D eigenvalue weighted by atomic mass is 19.1. The minimum atomic E-state index is -0.358. The Hall–Kier alpha value is -2.99. The largest absolute Gasteiger partial charge is 0.352 e. The predicted octanol–water partition coefficient (Wildman–Crippen LogP) is 3.09. The van der Waals surface area contributed by atoms with Crippen molar-refractivity contribution in [3.63, 3.8) is 0 Å². The Labute approximate surface area is 164 Å². The van der Waals surface area contributed by atoms with Gasteiger partial charge in [0.1, 0.15) is 5.82 Å². The molecule has 0 spiro atoms. The number of carbonyl (C=O) groups excluding carboxylic acids is 2. The molecule has 2 aromatic rings. The summed E-state index contributed by atoms with van der Waals surface area (Å²) in [4.78, 5) is 25.1. The van der Waals surface area contributed by atoms with Crippen molar-refractivity contribution in [1.82, 2.24) is 15.8 Å². The van der Waals surface area contributed by atoms with E-state index in [0.29, 0.717) is 30.6 Å². The van der Waals surface area contributed by atoms with E-state index in [2.05, 4.69) is 10.7 Å². The van der Waals surface area contributed by atoms with E-state index in [0.717, 1.165) is 11.1 Å².